The highest BCUT2D eigenvalue weighted by Crippen LogP contribution is 2.45. The summed E-state index contributed by atoms with van der Waals surface area (Å²) in [5, 5.41) is 12.8. The Kier molecular flexibility index (Phi) is 3.79. The molecule has 2 aromatic rings. The van der Waals surface area contributed by atoms with Gasteiger partial charge < -0.3 is 5.32 Å². The van der Waals surface area contributed by atoms with Gasteiger partial charge in [0.1, 0.15) is 28.3 Å². The fraction of sp³-hybridized carbons (Fsp3) is 0.286. The Labute approximate surface area is 129 Å². The van der Waals surface area contributed by atoms with Crippen LogP contribution in [-0.4, -0.2) is 4.37 Å². The summed E-state index contributed by atoms with van der Waals surface area (Å²) >= 11 is 6.88. The Morgan fingerprint density at radius 2 is 2.19 bits per heavy atom. The number of halogens is 3. The van der Waals surface area contributed by atoms with Crippen molar-refractivity contribution in [3.63, 3.8) is 0 Å². The van der Waals surface area contributed by atoms with E-state index in [2.05, 4.69) is 9.69 Å². The number of hydrogen-bond donors (Lipinski definition) is 1. The van der Waals surface area contributed by atoms with Gasteiger partial charge in [0.15, 0.2) is 5.15 Å². The molecule has 108 valence electrons. The monoisotopic (exact) mass is 325 g/mol. The molecular formula is C14H10ClF2N3S. The van der Waals surface area contributed by atoms with Crippen LogP contribution in [0.4, 0.5) is 13.8 Å². The molecule has 3 nitrogen and oxygen atoms in total. The van der Waals surface area contributed by atoms with Crippen LogP contribution in [0.3, 0.4) is 0 Å². The lowest BCUT2D eigenvalue weighted by Gasteiger charge is -2.19. The van der Waals surface area contributed by atoms with Crippen LogP contribution in [0.1, 0.15) is 30.0 Å². The maximum Gasteiger partial charge on any atom is 0.162 e. The third-order valence-electron chi connectivity index (χ3n) is 3.44. The van der Waals surface area contributed by atoms with Crippen molar-refractivity contribution >= 4 is 28.1 Å². The lowest BCUT2D eigenvalue weighted by molar-refractivity contribution is 0.555. The van der Waals surface area contributed by atoms with E-state index in [0.717, 1.165) is 36.5 Å². The summed E-state index contributed by atoms with van der Waals surface area (Å²) in [5.74, 6) is -0.731. The van der Waals surface area contributed by atoms with Crippen molar-refractivity contribution in [3.8, 4) is 6.07 Å². The molecule has 1 aromatic heterocycles. The molecule has 1 N–H and O–H groups in total. The molecule has 1 atom stereocenters. The zero-order valence-corrected chi connectivity index (χ0v) is 12.3. The smallest absolute Gasteiger partial charge is 0.162 e. The van der Waals surface area contributed by atoms with Crippen LogP contribution in [0, 0.1) is 28.9 Å². The van der Waals surface area contributed by atoms with Crippen molar-refractivity contribution in [1.29, 1.82) is 5.26 Å². The van der Waals surface area contributed by atoms with Crippen molar-refractivity contribution in [2.24, 2.45) is 5.92 Å². The van der Waals surface area contributed by atoms with Crippen LogP contribution in [0.2, 0.25) is 5.15 Å². The average Bonchev–Trinajstić information content (AvgIpc) is 3.24. The van der Waals surface area contributed by atoms with Gasteiger partial charge in [-0.05, 0) is 48.5 Å². The van der Waals surface area contributed by atoms with E-state index < -0.39 is 11.6 Å². The SMILES string of the molecule is N#Cc1c(Cl)nsc1NC(c1cc(F)ccc1F)C1CC1. The van der Waals surface area contributed by atoms with Crippen LogP contribution in [0.5, 0.6) is 0 Å². The minimum Gasteiger partial charge on any atom is -0.367 e. The minimum atomic E-state index is -0.485. The molecule has 0 saturated heterocycles. The average molecular weight is 326 g/mol. The Bertz CT molecular complexity index is 721. The molecule has 1 aliphatic rings. The zero-order chi connectivity index (χ0) is 15.0. The van der Waals surface area contributed by atoms with E-state index in [-0.39, 0.29) is 28.2 Å². The maximum atomic E-state index is 14.0. The Hall–Kier alpha value is -1.71. The lowest BCUT2D eigenvalue weighted by Crippen LogP contribution is -2.14. The van der Waals surface area contributed by atoms with Crippen LogP contribution >= 0.6 is 23.1 Å². The normalized spacial score (nSPS) is 15.5. The van der Waals surface area contributed by atoms with Gasteiger partial charge in [-0.2, -0.15) is 9.64 Å². The third-order valence-corrected chi connectivity index (χ3v) is 4.59. The maximum absolute atomic E-state index is 14.0. The molecule has 1 aliphatic carbocycles. The first kappa shape index (κ1) is 14.2. The van der Waals surface area contributed by atoms with E-state index in [1.54, 1.807) is 0 Å². The van der Waals surface area contributed by atoms with E-state index in [0.29, 0.717) is 5.00 Å². The van der Waals surface area contributed by atoms with Crippen LogP contribution in [-0.2, 0) is 0 Å². The predicted molar refractivity (Wildman–Crippen MR) is 77.3 cm³/mol. The van der Waals surface area contributed by atoms with E-state index in [1.807, 2.05) is 6.07 Å². The molecule has 1 fully saturated rings. The fourth-order valence-corrected chi connectivity index (χ4v) is 3.21. The first-order valence-electron chi connectivity index (χ1n) is 6.37. The number of benzene rings is 1. The summed E-state index contributed by atoms with van der Waals surface area (Å²) in [4.78, 5) is 0. The number of hydrogen-bond acceptors (Lipinski definition) is 4. The molecule has 0 amide bonds. The van der Waals surface area contributed by atoms with Crippen molar-refractivity contribution in [1.82, 2.24) is 4.37 Å². The van der Waals surface area contributed by atoms with Crippen molar-refractivity contribution in [2.45, 2.75) is 18.9 Å². The standard InChI is InChI=1S/C14H10ClF2N3S/c15-13-10(6-18)14(21-20-13)19-12(7-1-2-7)9-5-8(16)3-4-11(9)17/h3-5,7,12,19H,1-2H2. The van der Waals surface area contributed by atoms with Crippen molar-refractivity contribution in [3.05, 3.63) is 46.1 Å². The summed E-state index contributed by atoms with van der Waals surface area (Å²) in [6.07, 6.45) is 1.87. The summed E-state index contributed by atoms with van der Waals surface area (Å²) in [5.41, 5.74) is 0.509. The summed E-state index contributed by atoms with van der Waals surface area (Å²) in [7, 11) is 0. The molecule has 1 saturated carbocycles. The molecule has 1 unspecified atom stereocenters. The second kappa shape index (κ2) is 5.58. The van der Waals surface area contributed by atoms with Gasteiger partial charge in [-0.1, -0.05) is 11.6 Å². The molecular weight excluding hydrogens is 316 g/mol. The van der Waals surface area contributed by atoms with Gasteiger partial charge in [-0.3, -0.25) is 0 Å². The number of anilines is 1. The van der Waals surface area contributed by atoms with Gasteiger partial charge in [-0.25, -0.2) is 8.78 Å². The Balaban J connectivity index is 1.96. The van der Waals surface area contributed by atoms with Gasteiger partial charge in [-0.15, -0.1) is 0 Å². The minimum absolute atomic E-state index is 0.124. The highest BCUT2D eigenvalue weighted by Gasteiger charge is 2.35. The molecule has 7 heteroatoms. The topological polar surface area (TPSA) is 48.7 Å². The molecule has 21 heavy (non-hydrogen) atoms. The summed E-state index contributed by atoms with van der Waals surface area (Å²) in [6.45, 7) is 0. The second-order valence-corrected chi connectivity index (χ2v) is 6.05. The van der Waals surface area contributed by atoms with E-state index in [4.69, 9.17) is 16.9 Å². The highest BCUT2D eigenvalue weighted by molar-refractivity contribution is 7.10. The van der Waals surface area contributed by atoms with Crippen molar-refractivity contribution in [2.75, 3.05) is 5.32 Å². The first-order chi connectivity index (χ1) is 10.1. The number of nitriles is 1. The van der Waals surface area contributed by atoms with Gasteiger partial charge in [0.2, 0.25) is 0 Å². The van der Waals surface area contributed by atoms with Gasteiger partial charge in [0, 0.05) is 5.56 Å². The van der Waals surface area contributed by atoms with Gasteiger partial charge in [0.25, 0.3) is 0 Å². The highest BCUT2D eigenvalue weighted by atomic mass is 35.5. The molecule has 0 aliphatic heterocycles. The Morgan fingerprint density at radius 1 is 1.43 bits per heavy atom. The molecule has 1 aromatic carbocycles. The number of nitrogens with one attached hydrogen (secondary N) is 1. The molecule has 0 spiro atoms. The van der Waals surface area contributed by atoms with Crippen LogP contribution < -0.4 is 5.32 Å². The van der Waals surface area contributed by atoms with E-state index in [1.165, 1.54) is 6.07 Å². The van der Waals surface area contributed by atoms with Crippen LogP contribution in [0.15, 0.2) is 18.2 Å². The molecule has 3 rings (SSSR count). The summed E-state index contributed by atoms with van der Waals surface area (Å²) < 4.78 is 31.3. The quantitative estimate of drug-likeness (QED) is 0.899. The van der Waals surface area contributed by atoms with Crippen molar-refractivity contribution < 1.29 is 8.78 Å². The number of nitrogens with zero attached hydrogens (tertiary/aromatic N) is 2. The lowest BCUT2D eigenvalue weighted by atomic mass is 10.0. The zero-order valence-electron chi connectivity index (χ0n) is 10.7. The fourth-order valence-electron chi connectivity index (χ4n) is 2.24. The van der Waals surface area contributed by atoms with E-state index >= 15 is 0 Å². The van der Waals surface area contributed by atoms with Crippen LogP contribution in [0.25, 0.3) is 0 Å². The molecule has 1 heterocycles. The second-order valence-electron chi connectivity index (χ2n) is 4.91. The number of rotatable bonds is 4. The third kappa shape index (κ3) is 2.85. The van der Waals surface area contributed by atoms with E-state index in [9.17, 15) is 8.78 Å². The number of aromatic nitrogens is 1. The molecule has 0 bridgehead atoms. The predicted octanol–water partition coefficient (Wildman–Crippen LogP) is 4.51. The summed E-state index contributed by atoms with van der Waals surface area (Å²) in [6, 6.07) is 4.99. The molecule has 0 radical (unpaired) electrons. The largest absolute Gasteiger partial charge is 0.367 e. The Morgan fingerprint density at radius 3 is 2.86 bits per heavy atom. The van der Waals surface area contributed by atoms with Gasteiger partial charge >= 0.3 is 0 Å². The first-order valence-corrected chi connectivity index (χ1v) is 7.52. The van der Waals surface area contributed by atoms with Gasteiger partial charge in [0.05, 0.1) is 6.04 Å².